The zero-order valence-corrected chi connectivity index (χ0v) is 10.7. The number of aromatic nitrogens is 1. The van der Waals surface area contributed by atoms with Gasteiger partial charge in [-0.1, -0.05) is 18.2 Å². The molecule has 90 valence electrons. The van der Waals surface area contributed by atoms with Crippen molar-refractivity contribution in [3.05, 3.63) is 36.0 Å². The number of nitrogens with zero attached hydrogens (tertiary/aromatic N) is 2. The number of benzene rings is 1. The van der Waals surface area contributed by atoms with E-state index in [-0.39, 0.29) is 0 Å². The van der Waals surface area contributed by atoms with Crippen LogP contribution in [-0.2, 0) is 6.42 Å². The lowest BCUT2D eigenvalue weighted by Gasteiger charge is -2.15. The van der Waals surface area contributed by atoms with Gasteiger partial charge in [-0.15, -0.1) is 0 Å². The number of anilines is 1. The van der Waals surface area contributed by atoms with Crippen LogP contribution in [-0.4, -0.2) is 32.7 Å². The molecule has 1 heterocycles. The third-order valence-electron chi connectivity index (χ3n) is 2.87. The van der Waals surface area contributed by atoms with Crippen molar-refractivity contribution in [2.45, 2.75) is 6.42 Å². The van der Waals surface area contributed by atoms with Crippen LogP contribution in [0.5, 0.6) is 0 Å². The summed E-state index contributed by atoms with van der Waals surface area (Å²) >= 11 is 0. The van der Waals surface area contributed by atoms with Crippen LogP contribution >= 0.6 is 0 Å². The topological polar surface area (TPSA) is 28.2 Å². The van der Waals surface area contributed by atoms with Gasteiger partial charge in [0, 0.05) is 38.1 Å². The zero-order valence-electron chi connectivity index (χ0n) is 10.7. The van der Waals surface area contributed by atoms with Gasteiger partial charge in [0.25, 0.3) is 0 Å². The van der Waals surface area contributed by atoms with Crippen LogP contribution in [0.3, 0.4) is 0 Å². The molecule has 0 aliphatic heterocycles. The molecule has 2 aromatic rings. The number of likely N-dealkylation sites (N-methyl/N-ethyl adjacent to an activating group) is 1. The van der Waals surface area contributed by atoms with Crippen molar-refractivity contribution >= 4 is 16.6 Å². The molecule has 0 saturated carbocycles. The van der Waals surface area contributed by atoms with E-state index >= 15 is 0 Å². The second-order valence-corrected chi connectivity index (χ2v) is 4.40. The van der Waals surface area contributed by atoms with Gasteiger partial charge in [-0.05, 0) is 19.2 Å². The van der Waals surface area contributed by atoms with E-state index in [9.17, 15) is 0 Å². The van der Waals surface area contributed by atoms with E-state index in [0.29, 0.717) is 0 Å². The van der Waals surface area contributed by atoms with Gasteiger partial charge in [-0.2, -0.15) is 0 Å². The van der Waals surface area contributed by atoms with Crippen molar-refractivity contribution in [1.82, 2.24) is 10.3 Å². The Morgan fingerprint density at radius 3 is 2.71 bits per heavy atom. The summed E-state index contributed by atoms with van der Waals surface area (Å²) in [6.45, 7) is 0.961. The number of para-hydroxylation sites is 1. The van der Waals surface area contributed by atoms with E-state index in [1.807, 2.05) is 7.05 Å². The first-order valence-electron chi connectivity index (χ1n) is 5.93. The van der Waals surface area contributed by atoms with Crippen LogP contribution in [0.4, 0.5) is 5.69 Å². The van der Waals surface area contributed by atoms with Gasteiger partial charge in [0.1, 0.15) is 0 Å². The predicted octanol–water partition coefficient (Wildman–Crippen LogP) is 2.06. The van der Waals surface area contributed by atoms with Crippen LogP contribution in [0.1, 0.15) is 5.69 Å². The van der Waals surface area contributed by atoms with Crippen LogP contribution in [0.2, 0.25) is 0 Å². The molecule has 0 amide bonds. The zero-order chi connectivity index (χ0) is 12.3. The largest absolute Gasteiger partial charge is 0.376 e. The maximum Gasteiger partial charge on any atom is 0.0938 e. The van der Waals surface area contributed by atoms with Gasteiger partial charge in [0.05, 0.1) is 11.2 Å². The maximum absolute atomic E-state index is 4.75. The van der Waals surface area contributed by atoms with Crippen molar-refractivity contribution in [3.63, 3.8) is 0 Å². The Bertz CT molecular complexity index is 506. The Labute approximate surface area is 102 Å². The van der Waals surface area contributed by atoms with Gasteiger partial charge >= 0.3 is 0 Å². The molecular weight excluding hydrogens is 210 g/mol. The fraction of sp³-hybridized carbons (Fsp3) is 0.357. The molecule has 0 aliphatic rings. The van der Waals surface area contributed by atoms with Gasteiger partial charge in [0.2, 0.25) is 0 Å². The van der Waals surface area contributed by atoms with Crippen molar-refractivity contribution in [3.8, 4) is 0 Å². The Hall–Kier alpha value is -1.61. The smallest absolute Gasteiger partial charge is 0.0938 e. The molecule has 0 unspecified atom stereocenters. The molecule has 0 radical (unpaired) electrons. The number of fused-ring (bicyclic) bond motifs is 1. The third kappa shape index (κ3) is 2.56. The first-order chi connectivity index (χ1) is 8.22. The minimum Gasteiger partial charge on any atom is -0.376 e. The normalized spacial score (nSPS) is 10.8. The van der Waals surface area contributed by atoms with Crippen LogP contribution in [0.15, 0.2) is 30.3 Å². The maximum atomic E-state index is 4.75. The number of hydrogen-bond acceptors (Lipinski definition) is 3. The summed E-state index contributed by atoms with van der Waals surface area (Å²) in [4.78, 5) is 6.86. The predicted molar refractivity (Wildman–Crippen MR) is 73.7 cm³/mol. The minimum atomic E-state index is 0.961. The number of hydrogen-bond donors (Lipinski definition) is 1. The van der Waals surface area contributed by atoms with E-state index in [2.05, 4.69) is 54.6 Å². The molecule has 0 atom stereocenters. The average molecular weight is 229 g/mol. The highest BCUT2D eigenvalue weighted by molar-refractivity contribution is 5.90. The van der Waals surface area contributed by atoms with Gasteiger partial charge in [-0.3, -0.25) is 4.98 Å². The lowest BCUT2D eigenvalue weighted by molar-refractivity contribution is 0.779. The van der Waals surface area contributed by atoms with E-state index in [1.165, 1.54) is 11.1 Å². The number of rotatable bonds is 4. The van der Waals surface area contributed by atoms with Gasteiger partial charge in [0.15, 0.2) is 0 Å². The minimum absolute atomic E-state index is 0.961. The molecule has 17 heavy (non-hydrogen) atoms. The Balaban J connectivity index is 2.46. The second kappa shape index (κ2) is 5.15. The molecule has 1 N–H and O–H groups in total. The number of pyridine rings is 1. The lowest BCUT2D eigenvalue weighted by Crippen LogP contribution is -2.12. The molecule has 0 aliphatic carbocycles. The monoisotopic (exact) mass is 229 g/mol. The van der Waals surface area contributed by atoms with Gasteiger partial charge < -0.3 is 10.2 Å². The van der Waals surface area contributed by atoms with E-state index in [4.69, 9.17) is 4.98 Å². The van der Waals surface area contributed by atoms with E-state index in [1.54, 1.807) is 0 Å². The highest BCUT2D eigenvalue weighted by Gasteiger charge is 2.05. The summed E-state index contributed by atoms with van der Waals surface area (Å²) in [6, 6.07) is 10.6. The Kier molecular flexibility index (Phi) is 3.59. The summed E-state index contributed by atoms with van der Waals surface area (Å²) in [7, 11) is 6.07. The highest BCUT2D eigenvalue weighted by Crippen LogP contribution is 2.23. The molecule has 1 aromatic carbocycles. The standard InChI is InChI=1S/C14H19N3/c1-15-10-9-12-8-7-11-5-4-6-13(17(2)3)14(11)16-12/h4-8,15H,9-10H2,1-3H3. The fourth-order valence-electron chi connectivity index (χ4n) is 1.93. The molecular formula is C14H19N3. The summed E-state index contributed by atoms with van der Waals surface area (Å²) < 4.78 is 0. The quantitative estimate of drug-likeness (QED) is 0.870. The SMILES string of the molecule is CNCCc1ccc2cccc(N(C)C)c2n1. The Morgan fingerprint density at radius 2 is 2.00 bits per heavy atom. The summed E-state index contributed by atoms with van der Waals surface area (Å²) in [5.41, 5.74) is 3.40. The van der Waals surface area contributed by atoms with Crippen molar-refractivity contribution in [2.24, 2.45) is 0 Å². The number of nitrogens with one attached hydrogen (secondary N) is 1. The first-order valence-corrected chi connectivity index (χ1v) is 5.93. The summed E-state index contributed by atoms with van der Waals surface area (Å²) in [5.74, 6) is 0. The van der Waals surface area contributed by atoms with Crippen LogP contribution in [0.25, 0.3) is 10.9 Å². The van der Waals surface area contributed by atoms with Crippen molar-refractivity contribution in [1.29, 1.82) is 0 Å². The first kappa shape index (κ1) is 11.9. The third-order valence-corrected chi connectivity index (χ3v) is 2.87. The molecule has 2 rings (SSSR count). The van der Waals surface area contributed by atoms with Crippen molar-refractivity contribution in [2.75, 3.05) is 32.6 Å². The van der Waals surface area contributed by atoms with E-state index < -0.39 is 0 Å². The van der Waals surface area contributed by atoms with E-state index in [0.717, 1.165) is 24.2 Å². The Morgan fingerprint density at radius 1 is 1.18 bits per heavy atom. The molecule has 3 nitrogen and oxygen atoms in total. The lowest BCUT2D eigenvalue weighted by atomic mass is 10.1. The molecule has 0 fully saturated rings. The molecule has 0 saturated heterocycles. The molecule has 3 heteroatoms. The summed E-state index contributed by atoms with van der Waals surface area (Å²) in [6.07, 6.45) is 0.966. The fourth-order valence-corrected chi connectivity index (χ4v) is 1.93. The van der Waals surface area contributed by atoms with Gasteiger partial charge in [-0.25, -0.2) is 0 Å². The average Bonchev–Trinajstić information content (AvgIpc) is 2.35. The molecule has 1 aromatic heterocycles. The second-order valence-electron chi connectivity index (χ2n) is 4.40. The van der Waals surface area contributed by atoms with Crippen LogP contribution < -0.4 is 10.2 Å². The molecule has 0 bridgehead atoms. The van der Waals surface area contributed by atoms with Crippen LogP contribution in [0, 0.1) is 0 Å². The van der Waals surface area contributed by atoms with Crippen molar-refractivity contribution < 1.29 is 0 Å². The highest BCUT2D eigenvalue weighted by atomic mass is 15.1. The summed E-state index contributed by atoms with van der Waals surface area (Å²) in [5, 5.41) is 4.35. The molecule has 0 spiro atoms.